The molecule has 0 saturated heterocycles. The number of nitrogens with zero attached hydrogens (tertiary/aromatic N) is 2. The van der Waals surface area contributed by atoms with Crippen LogP contribution >= 0.6 is 0 Å². The molecule has 0 saturated carbocycles. The van der Waals surface area contributed by atoms with E-state index in [4.69, 9.17) is 18.9 Å². The third kappa shape index (κ3) is 10.1. The summed E-state index contributed by atoms with van der Waals surface area (Å²) in [6.45, 7) is 11.5. The maximum absolute atomic E-state index is 13.8. The van der Waals surface area contributed by atoms with Crippen molar-refractivity contribution in [2.24, 2.45) is 17.8 Å². The Bertz CT molecular complexity index is 1370. The van der Waals surface area contributed by atoms with Gasteiger partial charge in [0.05, 0.1) is 32.8 Å². The largest absolute Gasteiger partial charge is 0.465 e. The van der Waals surface area contributed by atoms with Gasteiger partial charge in [0.15, 0.2) is 6.04 Å². The quantitative estimate of drug-likeness (QED) is 0.153. The minimum Gasteiger partial charge on any atom is -0.465 e. The average molecular weight is 609 g/mol. The Morgan fingerprint density at radius 2 is 1.25 bits per heavy atom. The number of para-hydroxylation sites is 1. The standard InChI is InChI=1S/C34H44N2O8/c1-23(2)19-41-31(37)16-27-17-35(29-15-11-10-14-28(27)29)18-30(32(38)42-22-26-12-8-7-9-13-26)36(33(39)43-20-24(3)4)34(40)44-21-25(5)6/h7-15,17,23-25,30H,16,18-22H2,1-6H3. The van der Waals surface area contributed by atoms with Crippen LogP contribution in [0.3, 0.4) is 0 Å². The van der Waals surface area contributed by atoms with Crippen LogP contribution in [0.1, 0.15) is 52.7 Å². The minimum atomic E-state index is -1.44. The highest BCUT2D eigenvalue weighted by molar-refractivity contribution is 5.94. The first-order chi connectivity index (χ1) is 21.0. The van der Waals surface area contributed by atoms with Crippen molar-refractivity contribution >= 4 is 35.0 Å². The number of imide groups is 1. The van der Waals surface area contributed by atoms with Gasteiger partial charge in [-0.3, -0.25) is 4.79 Å². The molecule has 10 nitrogen and oxygen atoms in total. The summed E-state index contributed by atoms with van der Waals surface area (Å²) in [6, 6.07) is 15.0. The van der Waals surface area contributed by atoms with Crippen molar-refractivity contribution < 1.29 is 38.1 Å². The number of fused-ring (bicyclic) bond motifs is 1. The molecule has 10 heteroatoms. The van der Waals surface area contributed by atoms with Crippen molar-refractivity contribution in [2.75, 3.05) is 19.8 Å². The van der Waals surface area contributed by atoms with E-state index in [-0.39, 0.29) is 56.5 Å². The summed E-state index contributed by atoms with van der Waals surface area (Å²) < 4.78 is 23.6. The topological polar surface area (TPSA) is 113 Å². The smallest absolute Gasteiger partial charge is 0.420 e. The lowest BCUT2D eigenvalue weighted by molar-refractivity contribution is -0.151. The first kappa shape index (κ1) is 34.2. The van der Waals surface area contributed by atoms with Gasteiger partial charge < -0.3 is 23.5 Å². The zero-order chi connectivity index (χ0) is 32.2. The second-order valence-corrected chi connectivity index (χ2v) is 12.0. The highest BCUT2D eigenvalue weighted by Crippen LogP contribution is 2.24. The van der Waals surface area contributed by atoms with Crippen molar-refractivity contribution in [1.82, 2.24) is 9.47 Å². The summed E-state index contributed by atoms with van der Waals surface area (Å²) in [6.07, 6.45) is -0.276. The SMILES string of the molecule is CC(C)COC(=O)Cc1cn(CC(C(=O)OCc2ccccc2)N(C(=O)OCC(C)C)C(=O)OCC(C)C)c2ccccc12. The molecular weight excluding hydrogens is 564 g/mol. The predicted octanol–water partition coefficient (Wildman–Crippen LogP) is 6.38. The molecule has 44 heavy (non-hydrogen) atoms. The number of aromatic nitrogens is 1. The van der Waals surface area contributed by atoms with E-state index < -0.39 is 24.2 Å². The van der Waals surface area contributed by atoms with Gasteiger partial charge in [-0.2, -0.15) is 4.90 Å². The molecule has 3 aromatic rings. The molecule has 1 atom stereocenters. The molecule has 1 aromatic heterocycles. The predicted molar refractivity (Wildman–Crippen MR) is 166 cm³/mol. The Hall–Kier alpha value is -4.34. The second kappa shape index (κ2) is 16.5. The van der Waals surface area contributed by atoms with Crippen LogP contribution in [0.15, 0.2) is 60.8 Å². The van der Waals surface area contributed by atoms with Crippen molar-refractivity contribution in [3.8, 4) is 0 Å². The highest BCUT2D eigenvalue weighted by atomic mass is 16.6. The van der Waals surface area contributed by atoms with Crippen LogP contribution in [0.2, 0.25) is 0 Å². The van der Waals surface area contributed by atoms with E-state index in [0.717, 1.165) is 10.9 Å². The van der Waals surface area contributed by atoms with E-state index in [1.54, 1.807) is 22.9 Å². The number of ether oxygens (including phenoxy) is 4. The molecular formula is C34H44N2O8. The van der Waals surface area contributed by atoms with Gasteiger partial charge in [-0.25, -0.2) is 14.4 Å². The molecule has 0 spiro atoms. The summed E-state index contributed by atoms with van der Waals surface area (Å²) in [7, 11) is 0. The summed E-state index contributed by atoms with van der Waals surface area (Å²) >= 11 is 0. The summed E-state index contributed by atoms with van der Waals surface area (Å²) in [5.41, 5.74) is 2.12. The van der Waals surface area contributed by atoms with Crippen LogP contribution in [0.25, 0.3) is 10.9 Å². The van der Waals surface area contributed by atoms with Gasteiger partial charge in [0.1, 0.15) is 6.61 Å². The molecule has 0 fully saturated rings. The number of rotatable bonds is 14. The van der Waals surface area contributed by atoms with Crippen LogP contribution in [-0.2, 0) is 48.1 Å². The minimum absolute atomic E-state index is 0.0117. The first-order valence-corrected chi connectivity index (χ1v) is 15.0. The van der Waals surface area contributed by atoms with Gasteiger partial charge in [0.2, 0.25) is 0 Å². The first-order valence-electron chi connectivity index (χ1n) is 15.0. The van der Waals surface area contributed by atoms with E-state index in [0.29, 0.717) is 22.6 Å². The Balaban J connectivity index is 2.01. The van der Waals surface area contributed by atoms with Crippen LogP contribution < -0.4 is 0 Å². The summed E-state index contributed by atoms with van der Waals surface area (Å²) in [5, 5.41) is 0.779. The lowest BCUT2D eigenvalue weighted by Gasteiger charge is -2.28. The zero-order valence-corrected chi connectivity index (χ0v) is 26.5. The number of amides is 2. The molecule has 0 aliphatic rings. The Morgan fingerprint density at radius 1 is 0.705 bits per heavy atom. The van der Waals surface area contributed by atoms with Crippen molar-refractivity contribution in [3.05, 3.63) is 71.9 Å². The van der Waals surface area contributed by atoms with E-state index in [9.17, 15) is 19.2 Å². The molecule has 2 aromatic carbocycles. The third-order valence-electron chi connectivity index (χ3n) is 6.43. The number of esters is 2. The molecule has 3 rings (SSSR count). The van der Waals surface area contributed by atoms with Crippen LogP contribution in [0.4, 0.5) is 9.59 Å². The Morgan fingerprint density at radius 3 is 1.84 bits per heavy atom. The normalized spacial score (nSPS) is 11.9. The monoisotopic (exact) mass is 608 g/mol. The molecule has 1 unspecified atom stereocenters. The fourth-order valence-corrected chi connectivity index (χ4v) is 4.30. The Kier molecular flexibility index (Phi) is 12.8. The van der Waals surface area contributed by atoms with Crippen LogP contribution in [0, 0.1) is 17.8 Å². The van der Waals surface area contributed by atoms with Gasteiger partial charge in [0.25, 0.3) is 0 Å². The maximum atomic E-state index is 13.8. The average Bonchev–Trinajstić information content (AvgIpc) is 3.33. The van der Waals surface area contributed by atoms with Gasteiger partial charge in [-0.15, -0.1) is 0 Å². The van der Waals surface area contributed by atoms with Gasteiger partial charge in [-0.05, 0) is 34.9 Å². The van der Waals surface area contributed by atoms with Crippen LogP contribution in [0.5, 0.6) is 0 Å². The molecule has 0 radical (unpaired) electrons. The fraction of sp³-hybridized carbons (Fsp3) is 0.471. The Labute approximate surface area is 259 Å². The summed E-state index contributed by atoms with van der Waals surface area (Å²) in [5.74, 6) is -1.02. The zero-order valence-electron chi connectivity index (χ0n) is 26.5. The highest BCUT2D eigenvalue weighted by Gasteiger charge is 2.39. The van der Waals surface area contributed by atoms with Crippen molar-refractivity contribution in [2.45, 2.75) is 67.2 Å². The van der Waals surface area contributed by atoms with E-state index in [1.165, 1.54) is 0 Å². The van der Waals surface area contributed by atoms with Crippen molar-refractivity contribution in [3.63, 3.8) is 0 Å². The molecule has 1 heterocycles. The number of hydrogen-bond donors (Lipinski definition) is 0. The van der Waals surface area contributed by atoms with Crippen molar-refractivity contribution in [1.29, 1.82) is 0 Å². The second-order valence-electron chi connectivity index (χ2n) is 12.0. The third-order valence-corrected chi connectivity index (χ3v) is 6.43. The maximum Gasteiger partial charge on any atom is 0.420 e. The molecule has 2 amide bonds. The molecule has 0 aliphatic heterocycles. The van der Waals surface area contributed by atoms with E-state index in [1.807, 2.05) is 84.0 Å². The number of carbonyl (C=O) groups is 4. The molecule has 0 aliphatic carbocycles. The van der Waals surface area contributed by atoms with Crippen LogP contribution in [-0.4, -0.2) is 59.5 Å². The lowest BCUT2D eigenvalue weighted by atomic mass is 10.1. The van der Waals surface area contributed by atoms with Gasteiger partial charge >= 0.3 is 24.1 Å². The van der Waals surface area contributed by atoms with E-state index >= 15 is 0 Å². The number of carbonyl (C=O) groups excluding carboxylic acids is 4. The molecule has 0 N–H and O–H groups in total. The molecule has 238 valence electrons. The van der Waals surface area contributed by atoms with Gasteiger partial charge in [0, 0.05) is 17.1 Å². The van der Waals surface area contributed by atoms with E-state index in [2.05, 4.69) is 0 Å². The van der Waals surface area contributed by atoms with Gasteiger partial charge in [-0.1, -0.05) is 90.1 Å². The summed E-state index contributed by atoms with van der Waals surface area (Å²) in [4.78, 5) is 53.9. The molecule has 0 bridgehead atoms. The number of hydrogen-bond acceptors (Lipinski definition) is 8. The fourth-order valence-electron chi connectivity index (χ4n) is 4.30. The number of benzene rings is 2. The lowest BCUT2D eigenvalue weighted by Crippen LogP contribution is -2.52.